The van der Waals surface area contributed by atoms with Gasteiger partial charge in [0.05, 0.1) is 19.3 Å². The number of para-hydroxylation sites is 1. The van der Waals surface area contributed by atoms with Crippen molar-refractivity contribution in [3.63, 3.8) is 0 Å². The Kier molecular flexibility index (Phi) is 8.51. The summed E-state index contributed by atoms with van der Waals surface area (Å²) in [6, 6.07) is 9.71. The molecule has 0 radical (unpaired) electrons. The van der Waals surface area contributed by atoms with E-state index >= 15 is 0 Å². The molecule has 6 heteroatoms. The van der Waals surface area contributed by atoms with Gasteiger partial charge in [-0.1, -0.05) is 32.0 Å². The van der Waals surface area contributed by atoms with Crippen molar-refractivity contribution < 1.29 is 14.6 Å². The summed E-state index contributed by atoms with van der Waals surface area (Å²) in [6.45, 7) is 9.74. The van der Waals surface area contributed by atoms with Crippen molar-refractivity contribution in [1.82, 2.24) is 9.80 Å². The lowest BCUT2D eigenvalue weighted by atomic mass is 10.2. The van der Waals surface area contributed by atoms with Crippen molar-refractivity contribution in [2.24, 2.45) is 5.92 Å². The molecule has 1 heterocycles. The highest BCUT2D eigenvalue weighted by molar-refractivity contribution is 5.94. The molecule has 2 rings (SSSR count). The first-order valence-corrected chi connectivity index (χ1v) is 9.48. The number of likely N-dealkylation sites (N-methyl/N-ethyl adjacent to an activating group) is 1. The van der Waals surface area contributed by atoms with E-state index < -0.39 is 6.10 Å². The van der Waals surface area contributed by atoms with Crippen LogP contribution in [0.4, 0.5) is 5.69 Å². The Balaban J connectivity index is 1.67. The third kappa shape index (κ3) is 7.03. The maximum absolute atomic E-state index is 12.5. The van der Waals surface area contributed by atoms with Crippen LogP contribution in [0.2, 0.25) is 0 Å². The molecule has 0 bridgehead atoms. The number of hydrogen-bond donors (Lipinski definition) is 1. The topological polar surface area (TPSA) is 56.3 Å². The molecule has 1 unspecified atom stereocenters. The van der Waals surface area contributed by atoms with Gasteiger partial charge in [0.1, 0.15) is 0 Å². The van der Waals surface area contributed by atoms with Gasteiger partial charge in [-0.3, -0.25) is 14.6 Å². The third-order valence-electron chi connectivity index (χ3n) is 4.57. The fourth-order valence-electron chi connectivity index (χ4n) is 3.01. The second-order valence-electron chi connectivity index (χ2n) is 7.45. The van der Waals surface area contributed by atoms with Gasteiger partial charge < -0.3 is 14.7 Å². The largest absolute Gasteiger partial charge is 0.389 e. The monoisotopic (exact) mass is 363 g/mol. The molecule has 146 valence electrons. The van der Waals surface area contributed by atoms with Crippen molar-refractivity contribution in [1.29, 1.82) is 0 Å². The number of hydrogen-bond acceptors (Lipinski definition) is 5. The highest BCUT2D eigenvalue weighted by atomic mass is 16.5. The zero-order valence-corrected chi connectivity index (χ0v) is 16.3. The molecular formula is C20H33N3O3. The van der Waals surface area contributed by atoms with Crippen LogP contribution < -0.4 is 4.90 Å². The summed E-state index contributed by atoms with van der Waals surface area (Å²) >= 11 is 0. The molecule has 1 N–H and O–H groups in total. The van der Waals surface area contributed by atoms with Crippen molar-refractivity contribution in [2.75, 3.05) is 64.4 Å². The van der Waals surface area contributed by atoms with Gasteiger partial charge in [-0.2, -0.15) is 0 Å². The van der Waals surface area contributed by atoms with Crippen LogP contribution in [0.3, 0.4) is 0 Å². The maximum atomic E-state index is 12.5. The van der Waals surface area contributed by atoms with E-state index in [4.69, 9.17) is 4.74 Å². The third-order valence-corrected chi connectivity index (χ3v) is 4.57. The van der Waals surface area contributed by atoms with E-state index in [1.807, 2.05) is 37.4 Å². The minimum Gasteiger partial charge on any atom is -0.389 e. The van der Waals surface area contributed by atoms with Crippen LogP contribution in [0.1, 0.15) is 13.8 Å². The van der Waals surface area contributed by atoms with Crippen molar-refractivity contribution in [3.05, 3.63) is 30.3 Å². The Morgan fingerprint density at radius 2 is 1.73 bits per heavy atom. The van der Waals surface area contributed by atoms with Gasteiger partial charge in [0.15, 0.2) is 0 Å². The maximum Gasteiger partial charge on any atom is 0.240 e. The molecule has 1 amide bonds. The number of β-amino-alcohol motifs (C(OH)–C–C–N with tert-alkyl or cyclic N) is 1. The van der Waals surface area contributed by atoms with Crippen LogP contribution in [0.5, 0.6) is 0 Å². The molecule has 1 aliphatic heterocycles. The molecule has 1 aromatic carbocycles. The molecule has 0 aliphatic carbocycles. The average Bonchev–Trinajstić information content (AvgIpc) is 2.63. The fraction of sp³-hybridized carbons (Fsp3) is 0.650. The van der Waals surface area contributed by atoms with Crippen molar-refractivity contribution in [2.45, 2.75) is 20.0 Å². The normalized spacial score (nSPS) is 17.4. The number of piperazine rings is 1. The van der Waals surface area contributed by atoms with Crippen LogP contribution in [-0.2, 0) is 9.53 Å². The zero-order chi connectivity index (χ0) is 18.9. The van der Waals surface area contributed by atoms with Crippen molar-refractivity contribution in [3.8, 4) is 0 Å². The molecule has 1 atom stereocenters. The van der Waals surface area contributed by atoms with E-state index in [1.165, 1.54) is 0 Å². The molecule has 0 spiro atoms. The average molecular weight is 364 g/mol. The predicted octanol–water partition coefficient (Wildman–Crippen LogP) is 1.30. The smallest absolute Gasteiger partial charge is 0.240 e. The van der Waals surface area contributed by atoms with E-state index in [1.54, 1.807) is 4.90 Å². The van der Waals surface area contributed by atoms with Crippen LogP contribution >= 0.6 is 0 Å². The minimum absolute atomic E-state index is 0.103. The molecule has 1 aromatic rings. The van der Waals surface area contributed by atoms with E-state index in [0.29, 0.717) is 32.2 Å². The summed E-state index contributed by atoms with van der Waals surface area (Å²) < 4.78 is 5.50. The van der Waals surface area contributed by atoms with E-state index in [-0.39, 0.29) is 5.91 Å². The van der Waals surface area contributed by atoms with E-state index in [9.17, 15) is 9.90 Å². The Morgan fingerprint density at radius 3 is 2.35 bits per heavy atom. The number of amides is 1. The highest BCUT2D eigenvalue weighted by Crippen LogP contribution is 2.12. The fourth-order valence-corrected chi connectivity index (χ4v) is 3.01. The number of carbonyl (C=O) groups is 1. The predicted molar refractivity (Wildman–Crippen MR) is 104 cm³/mol. The standard InChI is InChI=1S/C20H33N3O3/c1-17(2)15-26-16-19(24)13-22-9-11-23(12-10-22)14-20(25)21(3)18-7-5-4-6-8-18/h4-8,17,19,24H,9-16H2,1-3H3. The number of aliphatic hydroxyl groups excluding tert-OH is 1. The van der Waals surface area contributed by atoms with Gasteiger partial charge in [-0.15, -0.1) is 0 Å². The second-order valence-corrected chi connectivity index (χ2v) is 7.45. The summed E-state index contributed by atoms with van der Waals surface area (Å²) in [5, 5.41) is 10.1. The van der Waals surface area contributed by atoms with Gasteiger partial charge in [0.25, 0.3) is 0 Å². The highest BCUT2D eigenvalue weighted by Gasteiger charge is 2.22. The lowest BCUT2D eigenvalue weighted by Gasteiger charge is -2.35. The van der Waals surface area contributed by atoms with Gasteiger partial charge >= 0.3 is 0 Å². The summed E-state index contributed by atoms with van der Waals surface area (Å²) in [5.41, 5.74) is 0.917. The molecular weight excluding hydrogens is 330 g/mol. The SMILES string of the molecule is CC(C)COCC(O)CN1CCN(CC(=O)N(C)c2ccccc2)CC1. The van der Waals surface area contributed by atoms with Gasteiger partial charge in [0.2, 0.25) is 5.91 Å². The first-order chi connectivity index (χ1) is 12.5. The molecule has 1 fully saturated rings. The molecule has 1 aliphatic rings. The van der Waals surface area contributed by atoms with Crippen molar-refractivity contribution >= 4 is 11.6 Å². The Morgan fingerprint density at radius 1 is 1.12 bits per heavy atom. The number of anilines is 1. The number of rotatable bonds is 9. The second kappa shape index (κ2) is 10.6. The number of carbonyl (C=O) groups excluding carboxylic acids is 1. The van der Waals surface area contributed by atoms with E-state index in [0.717, 1.165) is 31.9 Å². The van der Waals surface area contributed by atoms with Crippen LogP contribution in [0.15, 0.2) is 30.3 Å². The van der Waals surface area contributed by atoms with Gasteiger partial charge in [-0.05, 0) is 18.1 Å². The van der Waals surface area contributed by atoms with E-state index in [2.05, 4.69) is 23.6 Å². The number of ether oxygens (including phenoxy) is 1. The Bertz CT molecular complexity index is 530. The first-order valence-electron chi connectivity index (χ1n) is 9.48. The van der Waals surface area contributed by atoms with Crippen LogP contribution in [-0.4, -0.2) is 86.4 Å². The number of aliphatic hydroxyl groups is 1. The molecule has 0 saturated carbocycles. The molecule has 6 nitrogen and oxygen atoms in total. The summed E-state index contributed by atoms with van der Waals surface area (Å²) in [7, 11) is 1.82. The quantitative estimate of drug-likeness (QED) is 0.717. The van der Waals surface area contributed by atoms with Crippen LogP contribution in [0, 0.1) is 5.92 Å². The van der Waals surface area contributed by atoms with Gasteiger partial charge in [-0.25, -0.2) is 0 Å². The Labute approximate surface area is 157 Å². The minimum atomic E-state index is -0.453. The lowest BCUT2D eigenvalue weighted by Crippen LogP contribution is -2.51. The summed E-state index contributed by atoms with van der Waals surface area (Å²) in [5.74, 6) is 0.587. The zero-order valence-electron chi connectivity index (χ0n) is 16.3. The summed E-state index contributed by atoms with van der Waals surface area (Å²) in [4.78, 5) is 18.6. The molecule has 26 heavy (non-hydrogen) atoms. The number of nitrogens with zero attached hydrogens (tertiary/aromatic N) is 3. The Hall–Kier alpha value is -1.47. The molecule has 0 aromatic heterocycles. The summed E-state index contributed by atoms with van der Waals surface area (Å²) in [6.07, 6.45) is -0.453. The number of benzene rings is 1. The van der Waals surface area contributed by atoms with Crippen LogP contribution in [0.25, 0.3) is 0 Å². The first kappa shape index (κ1) is 20.8. The van der Waals surface area contributed by atoms with Gasteiger partial charge in [0, 0.05) is 52.1 Å². The lowest BCUT2D eigenvalue weighted by molar-refractivity contribution is -0.120. The molecule has 1 saturated heterocycles.